The third kappa shape index (κ3) is 3.39. The van der Waals surface area contributed by atoms with Crippen molar-refractivity contribution in [1.82, 2.24) is 14.9 Å². The first-order valence-electron chi connectivity index (χ1n) is 5.42. The Labute approximate surface area is 112 Å². The molecule has 0 unspecified atom stereocenters. The lowest BCUT2D eigenvalue weighted by Gasteiger charge is -2.03. The van der Waals surface area contributed by atoms with E-state index in [2.05, 4.69) is 14.4 Å². The van der Waals surface area contributed by atoms with E-state index in [1.165, 1.54) is 12.5 Å². The van der Waals surface area contributed by atoms with Crippen molar-refractivity contribution in [3.05, 3.63) is 36.0 Å². The molecule has 6 nitrogen and oxygen atoms in total. The van der Waals surface area contributed by atoms with Crippen LogP contribution in [0.3, 0.4) is 0 Å². The van der Waals surface area contributed by atoms with Crippen molar-refractivity contribution in [3.63, 3.8) is 0 Å². The van der Waals surface area contributed by atoms with Crippen LogP contribution in [0.5, 0.6) is 0 Å². The van der Waals surface area contributed by atoms with Crippen molar-refractivity contribution in [2.24, 2.45) is 0 Å². The molecule has 0 aromatic carbocycles. The quantitative estimate of drug-likeness (QED) is 0.877. The lowest BCUT2D eigenvalue weighted by molar-refractivity contribution is -0.140. The molecular weight excluding hydrogens is 299 g/mol. The predicted octanol–water partition coefficient (Wildman–Crippen LogP) is 1.54. The van der Waals surface area contributed by atoms with Crippen LogP contribution < -0.4 is 4.72 Å². The predicted molar refractivity (Wildman–Crippen MR) is 61.2 cm³/mol. The normalized spacial score (nSPS) is 12.8. The van der Waals surface area contributed by atoms with Crippen LogP contribution in [0.1, 0.15) is 11.3 Å². The Morgan fingerprint density at radius 1 is 1.40 bits per heavy atom. The third-order valence-electron chi connectivity index (χ3n) is 2.46. The second kappa shape index (κ2) is 5.29. The summed E-state index contributed by atoms with van der Waals surface area (Å²) < 4.78 is 67.4. The lowest BCUT2D eigenvalue weighted by Crippen LogP contribution is -2.25. The van der Waals surface area contributed by atoms with Gasteiger partial charge in [-0.05, 0) is 12.5 Å². The number of sulfonamides is 1. The Kier molecular flexibility index (Phi) is 3.86. The Morgan fingerprint density at radius 2 is 2.15 bits per heavy atom. The molecule has 2 heterocycles. The molecule has 2 aromatic heterocycles. The fraction of sp³-hybridized carbons (Fsp3) is 0.300. The highest BCUT2D eigenvalue weighted by molar-refractivity contribution is 7.89. The van der Waals surface area contributed by atoms with Crippen LogP contribution in [0.2, 0.25) is 0 Å². The van der Waals surface area contributed by atoms with E-state index in [0.717, 1.165) is 6.20 Å². The fourth-order valence-electron chi connectivity index (χ4n) is 1.46. The molecule has 0 aliphatic heterocycles. The molecule has 0 aliphatic carbocycles. The summed E-state index contributed by atoms with van der Waals surface area (Å²) in [5.74, 6) is 0. The average Bonchev–Trinajstić information content (AvgIpc) is 2.98. The van der Waals surface area contributed by atoms with Crippen LogP contribution in [0, 0.1) is 0 Å². The van der Waals surface area contributed by atoms with Crippen LogP contribution in [-0.2, 0) is 22.6 Å². The topological polar surface area (TPSA) is 88.0 Å². The van der Waals surface area contributed by atoms with Crippen molar-refractivity contribution in [1.29, 1.82) is 0 Å². The largest absolute Gasteiger partial charge is 0.431 e. The number of hydrogen-bond donors (Lipinski definition) is 2. The van der Waals surface area contributed by atoms with Crippen molar-refractivity contribution in [2.45, 2.75) is 17.5 Å². The van der Waals surface area contributed by atoms with Crippen LogP contribution in [0.4, 0.5) is 13.2 Å². The standard InChI is InChI=1S/C10H10F3N3O3S/c11-10(12,13)9-3-8(5-14-9)20(17,18)16-2-1-7-4-15-19-6-7/h3-6,14,16H,1-2H2. The summed E-state index contributed by atoms with van der Waals surface area (Å²) in [5, 5.41) is 3.44. The van der Waals surface area contributed by atoms with Crippen molar-refractivity contribution in [3.8, 4) is 0 Å². The maximum Gasteiger partial charge on any atom is 0.431 e. The summed E-state index contributed by atoms with van der Waals surface area (Å²) in [6.45, 7) is 0.0239. The zero-order valence-electron chi connectivity index (χ0n) is 9.94. The van der Waals surface area contributed by atoms with E-state index in [4.69, 9.17) is 0 Å². The van der Waals surface area contributed by atoms with E-state index < -0.39 is 26.8 Å². The number of H-pyrrole nitrogens is 1. The average molecular weight is 309 g/mol. The van der Waals surface area contributed by atoms with E-state index in [0.29, 0.717) is 18.1 Å². The summed E-state index contributed by atoms with van der Waals surface area (Å²) in [4.78, 5) is 1.42. The molecule has 20 heavy (non-hydrogen) atoms. The molecule has 0 radical (unpaired) electrons. The molecule has 0 spiro atoms. The van der Waals surface area contributed by atoms with Gasteiger partial charge in [0.2, 0.25) is 10.0 Å². The highest BCUT2D eigenvalue weighted by atomic mass is 32.2. The SMILES string of the molecule is O=S(=O)(NCCc1cnoc1)c1c[nH]c(C(F)(F)F)c1. The van der Waals surface area contributed by atoms with Crippen LogP contribution in [0.25, 0.3) is 0 Å². The minimum absolute atomic E-state index is 0.0239. The lowest BCUT2D eigenvalue weighted by atomic mass is 10.3. The maximum atomic E-state index is 12.4. The van der Waals surface area contributed by atoms with E-state index in [-0.39, 0.29) is 6.54 Å². The first-order chi connectivity index (χ1) is 9.29. The second-order valence-electron chi connectivity index (χ2n) is 3.93. The van der Waals surface area contributed by atoms with Gasteiger partial charge in [0.15, 0.2) is 0 Å². The summed E-state index contributed by atoms with van der Waals surface area (Å²) in [5.41, 5.74) is -0.436. The Hall–Kier alpha value is -1.81. The van der Waals surface area contributed by atoms with E-state index in [1.807, 2.05) is 4.98 Å². The Balaban J connectivity index is 2.01. The van der Waals surface area contributed by atoms with Crippen LogP contribution in [-0.4, -0.2) is 25.1 Å². The van der Waals surface area contributed by atoms with Crippen molar-refractivity contribution in [2.75, 3.05) is 6.54 Å². The number of nitrogens with one attached hydrogen (secondary N) is 2. The second-order valence-corrected chi connectivity index (χ2v) is 5.69. The molecule has 110 valence electrons. The molecule has 0 fully saturated rings. The molecule has 10 heteroatoms. The first kappa shape index (κ1) is 14.6. The number of aromatic amines is 1. The summed E-state index contributed by atoms with van der Waals surface area (Å²) in [6.07, 6.45) is -0.723. The van der Waals surface area contributed by atoms with Gasteiger partial charge >= 0.3 is 6.18 Å². The highest BCUT2D eigenvalue weighted by Crippen LogP contribution is 2.29. The number of rotatable bonds is 5. The zero-order chi connectivity index (χ0) is 14.8. The fourth-order valence-corrected chi connectivity index (χ4v) is 2.48. The third-order valence-corrected chi connectivity index (χ3v) is 3.90. The molecule has 2 N–H and O–H groups in total. The van der Waals surface area contributed by atoms with E-state index in [1.54, 1.807) is 0 Å². The van der Waals surface area contributed by atoms with Gasteiger partial charge in [-0.25, -0.2) is 13.1 Å². The van der Waals surface area contributed by atoms with Gasteiger partial charge in [-0.1, -0.05) is 5.16 Å². The molecule has 0 saturated heterocycles. The van der Waals surface area contributed by atoms with Gasteiger partial charge in [0.05, 0.1) is 6.20 Å². The number of halogens is 3. The molecule has 0 atom stereocenters. The summed E-state index contributed by atoms with van der Waals surface area (Å²) in [7, 11) is -3.99. The molecule has 0 bridgehead atoms. The van der Waals surface area contributed by atoms with Gasteiger partial charge in [-0.2, -0.15) is 13.2 Å². The summed E-state index contributed by atoms with van der Waals surface area (Å²) in [6, 6.07) is 0.543. The first-order valence-corrected chi connectivity index (χ1v) is 6.91. The number of aromatic nitrogens is 2. The number of hydrogen-bond acceptors (Lipinski definition) is 4. The molecule has 0 amide bonds. The van der Waals surface area contributed by atoms with E-state index in [9.17, 15) is 21.6 Å². The Bertz CT molecular complexity index is 661. The molecular formula is C10H10F3N3O3S. The minimum atomic E-state index is -4.61. The molecule has 0 saturated carbocycles. The van der Waals surface area contributed by atoms with Crippen LogP contribution in [0.15, 0.2) is 34.1 Å². The van der Waals surface area contributed by atoms with Gasteiger partial charge in [0.25, 0.3) is 0 Å². The monoisotopic (exact) mass is 309 g/mol. The van der Waals surface area contributed by atoms with Gasteiger partial charge in [-0.3, -0.25) is 0 Å². The zero-order valence-corrected chi connectivity index (χ0v) is 10.8. The van der Waals surface area contributed by atoms with Crippen LogP contribution >= 0.6 is 0 Å². The Morgan fingerprint density at radius 3 is 2.70 bits per heavy atom. The van der Waals surface area contributed by atoms with Gasteiger partial charge in [0, 0.05) is 18.3 Å². The van der Waals surface area contributed by atoms with Gasteiger partial charge in [-0.15, -0.1) is 0 Å². The van der Waals surface area contributed by atoms with Crippen molar-refractivity contribution >= 4 is 10.0 Å². The van der Waals surface area contributed by atoms with Gasteiger partial charge < -0.3 is 9.51 Å². The molecule has 0 aliphatic rings. The number of alkyl halides is 3. The van der Waals surface area contributed by atoms with Crippen molar-refractivity contribution < 1.29 is 26.1 Å². The van der Waals surface area contributed by atoms with Gasteiger partial charge in [0.1, 0.15) is 16.9 Å². The molecule has 2 aromatic rings. The van der Waals surface area contributed by atoms with E-state index >= 15 is 0 Å². The minimum Gasteiger partial charge on any atom is -0.364 e. The number of nitrogens with zero attached hydrogens (tertiary/aromatic N) is 1. The maximum absolute atomic E-state index is 12.4. The molecule has 2 rings (SSSR count). The smallest absolute Gasteiger partial charge is 0.364 e. The highest BCUT2D eigenvalue weighted by Gasteiger charge is 2.33. The summed E-state index contributed by atoms with van der Waals surface area (Å²) >= 11 is 0.